The molecule has 4 aromatic carbocycles. The Hall–Kier alpha value is -4.58. The van der Waals surface area contributed by atoms with Crippen molar-refractivity contribution < 1.29 is 29.3 Å². The van der Waals surface area contributed by atoms with Crippen molar-refractivity contribution in [2.75, 3.05) is 0 Å². The summed E-state index contributed by atoms with van der Waals surface area (Å²) in [5.74, 6) is 0.479. The molecule has 202 valence electrons. The quantitative estimate of drug-likeness (QED) is 0.265. The summed E-state index contributed by atoms with van der Waals surface area (Å²) in [6.07, 6.45) is 1.18. The third-order valence-corrected chi connectivity index (χ3v) is 7.82. The van der Waals surface area contributed by atoms with Crippen LogP contribution in [0.4, 0.5) is 0 Å². The van der Waals surface area contributed by atoms with Crippen LogP contribution in [0.5, 0.6) is 23.0 Å². The Labute approximate surface area is 232 Å². The standard InChI is InChI=1S/C34H30O6/c1-19(2)14-21-4-7-23(8-5-21)20(3)30(37)16-22-6-11-27-26(15-22)33(38)40-34(27)28-12-9-24(35)17-31(28)39-32-18-25(36)10-13-29(32)34/h4-13,15,17-20,35-36H,14,16H2,1-3H3/t20-/m0/s1. The van der Waals surface area contributed by atoms with Crippen LogP contribution in [-0.2, 0) is 28.0 Å². The zero-order valence-electron chi connectivity index (χ0n) is 22.6. The van der Waals surface area contributed by atoms with Gasteiger partial charge in [0, 0.05) is 41.2 Å². The van der Waals surface area contributed by atoms with Crippen LogP contribution in [-0.4, -0.2) is 22.0 Å². The number of esters is 1. The number of aromatic hydroxyl groups is 2. The molecule has 0 bridgehead atoms. The van der Waals surface area contributed by atoms with Crippen molar-refractivity contribution in [1.82, 2.24) is 0 Å². The molecule has 0 saturated heterocycles. The van der Waals surface area contributed by atoms with Crippen LogP contribution in [0.3, 0.4) is 0 Å². The zero-order valence-corrected chi connectivity index (χ0v) is 22.6. The Kier molecular flexibility index (Phi) is 6.14. The third-order valence-electron chi connectivity index (χ3n) is 7.82. The summed E-state index contributed by atoms with van der Waals surface area (Å²) < 4.78 is 12.1. The van der Waals surface area contributed by atoms with Crippen LogP contribution < -0.4 is 4.74 Å². The molecule has 0 radical (unpaired) electrons. The molecule has 1 atom stereocenters. The average Bonchev–Trinajstić information content (AvgIpc) is 3.20. The molecule has 2 aliphatic heterocycles. The van der Waals surface area contributed by atoms with Gasteiger partial charge in [-0.3, -0.25) is 4.79 Å². The largest absolute Gasteiger partial charge is 0.508 e. The summed E-state index contributed by atoms with van der Waals surface area (Å²) >= 11 is 0. The predicted molar refractivity (Wildman–Crippen MR) is 150 cm³/mol. The van der Waals surface area contributed by atoms with Crippen molar-refractivity contribution in [3.8, 4) is 23.0 Å². The van der Waals surface area contributed by atoms with Crippen LogP contribution in [0, 0.1) is 5.92 Å². The first-order chi connectivity index (χ1) is 19.2. The normalized spacial score (nSPS) is 15.2. The van der Waals surface area contributed by atoms with Crippen LogP contribution in [0.1, 0.15) is 70.4 Å². The maximum absolute atomic E-state index is 13.3. The lowest BCUT2D eigenvalue weighted by atomic mass is 9.77. The first-order valence-electron chi connectivity index (χ1n) is 13.5. The number of hydrogen-bond acceptors (Lipinski definition) is 6. The van der Waals surface area contributed by atoms with Crippen LogP contribution in [0.2, 0.25) is 0 Å². The molecular weight excluding hydrogens is 504 g/mol. The van der Waals surface area contributed by atoms with E-state index in [1.54, 1.807) is 18.2 Å². The molecule has 6 rings (SSSR count). The molecule has 0 fully saturated rings. The summed E-state index contributed by atoms with van der Waals surface area (Å²) in [4.78, 5) is 26.6. The fourth-order valence-electron chi connectivity index (χ4n) is 5.82. The molecule has 2 aliphatic rings. The van der Waals surface area contributed by atoms with Gasteiger partial charge in [-0.15, -0.1) is 0 Å². The molecule has 40 heavy (non-hydrogen) atoms. The molecule has 2 N–H and O–H groups in total. The van der Waals surface area contributed by atoms with Gasteiger partial charge in [0.25, 0.3) is 0 Å². The molecule has 1 spiro atoms. The second-order valence-corrected chi connectivity index (χ2v) is 11.1. The van der Waals surface area contributed by atoms with Crippen molar-refractivity contribution in [2.45, 2.75) is 45.1 Å². The molecule has 0 aromatic heterocycles. The number of carbonyl (C=O) groups excluding carboxylic acids is 2. The third kappa shape index (κ3) is 4.20. The lowest BCUT2D eigenvalue weighted by Crippen LogP contribution is -2.32. The highest BCUT2D eigenvalue weighted by Crippen LogP contribution is 2.57. The van der Waals surface area contributed by atoms with E-state index in [1.165, 1.54) is 29.8 Å². The van der Waals surface area contributed by atoms with E-state index in [0.717, 1.165) is 17.5 Å². The van der Waals surface area contributed by atoms with Crippen LogP contribution in [0.15, 0.2) is 78.9 Å². The van der Waals surface area contributed by atoms with E-state index in [2.05, 4.69) is 26.0 Å². The van der Waals surface area contributed by atoms with E-state index in [-0.39, 0.29) is 29.6 Å². The summed E-state index contributed by atoms with van der Waals surface area (Å²) in [7, 11) is 0. The number of phenolic OH excluding ortho intramolecular Hbond substituents is 2. The molecule has 6 nitrogen and oxygen atoms in total. The van der Waals surface area contributed by atoms with Gasteiger partial charge in [-0.25, -0.2) is 4.79 Å². The number of phenols is 2. The second kappa shape index (κ2) is 9.56. The van der Waals surface area contributed by atoms with Crippen molar-refractivity contribution in [3.63, 3.8) is 0 Å². The summed E-state index contributed by atoms with van der Waals surface area (Å²) in [5, 5.41) is 20.2. The average molecular weight is 535 g/mol. The molecule has 0 unspecified atom stereocenters. The Bertz CT molecular complexity index is 1600. The summed E-state index contributed by atoms with van der Waals surface area (Å²) in [6.45, 7) is 6.28. The molecule has 4 aromatic rings. The smallest absolute Gasteiger partial charge is 0.340 e. The first kappa shape index (κ1) is 25.7. The van der Waals surface area contributed by atoms with E-state index >= 15 is 0 Å². The van der Waals surface area contributed by atoms with Crippen LogP contribution >= 0.6 is 0 Å². The predicted octanol–water partition coefficient (Wildman–Crippen LogP) is 6.78. The molecule has 0 amide bonds. The Morgan fingerprint density at radius 1 is 0.775 bits per heavy atom. The maximum atomic E-state index is 13.3. The lowest BCUT2D eigenvalue weighted by molar-refractivity contribution is -0.119. The van der Waals surface area contributed by atoms with Crippen molar-refractivity contribution in [3.05, 3.63) is 118 Å². The molecule has 0 aliphatic carbocycles. The van der Waals surface area contributed by atoms with Gasteiger partial charge >= 0.3 is 5.97 Å². The Balaban J connectivity index is 1.34. The number of Topliss-reactive ketones (excluding diaryl/α,β-unsaturated/α-hetero) is 1. The molecule has 0 saturated carbocycles. The van der Waals surface area contributed by atoms with Gasteiger partial charge in [-0.05, 0) is 59.4 Å². The minimum Gasteiger partial charge on any atom is -0.508 e. The monoisotopic (exact) mass is 534 g/mol. The van der Waals surface area contributed by atoms with Crippen molar-refractivity contribution >= 4 is 11.8 Å². The molecule has 2 heterocycles. The van der Waals surface area contributed by atoms with Crippen molar-refractivity contribution in [1.29, 1.82) is 0 Å². The summed E-state index contributed by atoms with van der Waals surface area (Å²) in [5.41, 5.74) is 3.75. The van der Waals surface area contributed by atoms with Gasteiger partial charge < -0.3 is 19.7 Å². The van der Waals surface area contributed by atoms with Gasteiger partial charge in [0.2, 0.25) is 0 Å². The lowest BCUT2D eigenvalue weighted by Gasteiger charge is -2.36. The van der Waals surface area contributed by atoms with Crippen molar-refractivity contribution in [2.24, 2.45) is 5.92 Å². The van der Waals surface area contributed by atoms with Crippen LogP contribution in [0.25, 0.3) is 0 Å². The number of fused-ring (bicyclic) bond motifs is 6. The van der Waals surface area contributed by atoms with E-state index in [4.69, 9.17) is 9.47 Å². The number of benzene rings is 4. The number of ether oxygens (including phenoxy) is 2. The maximum Gasteiger partial charge on any atom is 0.340 e. The van der Waals surface area contributed by atoms with Gasteiger partial charge in [0.1, 0.15) is 28.8 Å². The highest BCUT2D eigenvalue weighted by atomic mass is 16.6. The highest BCUT2D eigenvalue weighted by Gasteiger charge is 2.53. The van der Waals surface area contributed by atoms with Gasteiger partial charge in [-0.2, -0.15) is 0 Å². The second-order valence-electron chi connectivity index (χ2n) is 11.1. The highest BCUT2D eigenvalue weighted by molar-refractivity contribution is 5.98. The van der Waals surface area contributed by atoms with E-state index in [1.807, 2.05) is 31.2 Å². The minimum atomic E-state index is -1.32. The number of rotatable bonds is 6. The SMILES string of the molecule is CC(C)Cc1ccc([C@H](C)C(=O)Cc2ccc3c(c2)C(=O)OC32c3ccc(O)cc3Oc3cc(O)ccc32)cc1. The summed E-state index contributed by atoms with van der Waals surface area (Å²) in [6, 6.07) is 23.0. The molecular formula is C34H30O6. The van der Waals surface area contributed by atoms with E-state index < -0.39 is 11.6 Å². The minimum absolute atomic E-state index is 0.000378. The fourth-order valence-corrected chi connectivity index (χ4v) is 5.82. The van der Waals surface area contributed by atoms with Gasteiger partial charge in [-0.1, -0.05) is 57.2 Å². The number of carbonyl (C=O) groups is 2. The first-order valence-corrected chi connectivity index (χ1v) is 13.5. The topological polar surface area (TPSA) is 93.1 Å². The van der Waals surface area contributed by atoms with E-state index in [0.29, 0.717) is 39.7 Å². The Morgan fingerprint density at radius 3 is 1.95 bits per heavy atom. The zero-order chi connectivity index (χ0) is 28.2. The molecule has 6 heteroatoms. The fraction of sp³-hybridized carbons (Fsp3) is 0.235. The Morgan fingerprint density at radius 2 is 1.35 bits per heavy atom. The number of hydrogen-bond donors (Lipinski definition) is 2. The number of ketones is 1. The van der Waals surface area contributed by atoms with E-state index in [9.17, 15) is 19.8 Å². The van der Waals surface area contributed by atoms with Gasteiger partial charge in [0.05, 0.1) is 5.56 Å². The van der Waals surface area contributed by atoms with Gasteiger partial charge in [0.15, 0.2) is 5.60 Å².